The number of nitrogens with zero attached hydrogens (tertiary/aromatic N) is 1. The maximum atomic E-state index is 13.3. The van der Waals surface area contributed by atoms with E-state index >= 15 is 0 Å². The normalized spacial score (nSPS) is 12.6. The van der Waals surface area contributed by atoms with Crippen molar-refractivity contribution in [3.05, 3.63) is 65.5 Å². The van der Waals surface area contributed by atoms with Gasteiger partial charge in [0.1, 0.15) is 17.7 Å². The van der Waals surface area contributed by atoms with Crippen LogP contribution in [0.15, 0.2) is 53.5 Å². The molecule has 1 atom stereocenters. The Hall–Kier alpha value is -1.92. The molecule has 0 fully saturated rings. The number of guanidine groups is 1. The Morgan fingerprint density at radius 3 is 2.52 bits per heavy atom. The highest BCUT2D eigenvalue weighted by Gasteiger charge is 2.09. The average molecular weight is 564 g/mol. The summed E-state index contributed by atoms with van der Waals surface area (Å²) in [4.78, 5) is 4.55. The van der Waals surface area contributed by atoms with Crippen molar-refractivity contribution in [3.8, 4) is 5.75 Å². The van der Waals surface area contributed by atoms with E-state index in [2.05, 4.69) is 20.3 Å². The fraction of sp³-hybridized carbons (Fsp3) is 0.381. The van der Waals surface area contributed by atoms with Gasteiger partial charge in [-0.1, -0.05) is 30.3 Å². The van der Waals surface area contributed by atoms with Gasteiger partial charge in [-0.15, -0.1) is 24.0 Å². The molecule has 0 aliphatic rings. The first-order chi connectivity index (χ1) is 14.3. The van der Waals surface area contributed by atoms with Crippen LogP contribution in [-0.4, -0.2) is 40.6 Å². The summed E-state index contributed by atoms with van der Waals surface area (Å²) in [6, 6.07) is 13.4. The summed E-state index contributed by atoms with van der Waals surface area (Å²) in [5, 5.41) is 6.36. The third-order valence-corrected chi connectivity index (χ3v) is 5.45. The predicted molar refractivity (Wildman–Crippen MR) is 133 cm³/mol. The summed E-state index contributed by atoms with van der Waals surface area (Å²) in [5.41, 5.74) is 1.60. The van der Waals surface area contributed by atoms with E-state index in [1.807, 2.05) is 32.0 Å². The highest BCUT2D eigenvalue weighted by Crippen LogP contribution is 2.13. The Morgan fingerprint density at radius 2 is 1.84 bits per heavy atom. The number of benzene rings is 2. The second-order valence-electron chi connectivity index (χ2n) is 6.75. The summed E-state index contributed by atoms with van der Waals surface area (Å²) in [6.45, 7) is 5.40. The molecule has 2 aromatic rings. The zero-order valence-electron chi connectivity index (χ0n) is 17.9. The lowest BCUT2D eigenvalue weighted by atomic mass is 10.1. The third kappa shape index (κ3) is 10.3. The molecule has 10 heteroatoms. The molecule has 172 valence electrons. The summed E-state index contributed by atoms with van der Waals surface area (Å²) in [5.74, 6) is 0.668. The molecule has 3 N–H and O–H groups in total. The van der Waals surface area contributed by atoms with Crippen molar-refractivity contribution >= 4 is 40.0 Å². The van der Waals surface area contributed by atoms with Gasteiger partial charge in [-0.25, -0.2) is 22.5 Å². The Kier molecular flexibility index (Phi) is 11.8. The van der Waals surface area contributed by atoms with Crippen LogP contribution in [0.5, 0.6) is 5.75 Å². The number of nitrogens with one attached hydrogen (secondary N) is 3. The van der Waals surface area contributed by atoms with Crippen molar-refractivity contribution in [2.45, 2.75) is 32.2 Å². The van der Waals surface area contributed by atoms with Crippen LogP contribution >= 0.6 is 24.0 Å². The van der Waals surface area contributed by atoms with Gasteiger partial charge < -0.3 is 15.4 Å². The molecule has 0 spiro atoms. The molecule has 0 radical (unpaired) electrons. The van der Waals surface area contributed by atoms with E-state index < -0.39 is 10.0 Å². The SMILES string of the molecule is CCNC(=NCc1cccc(CS(=O)(=O)NC)c1)NCC(C)Oc1cccc(F)c1.I. The Bertz CT molecular complexity index is 957. The molecule has 0 aromatic heterocycles. The standard InChI is InChI=1S/C21H29FN4O3S.HI/c1-4-24-21(25-13-16(2)29-20-10-6-9-19(22)12-20)26-14-17-7-5-8-18(11-17)15-30(27,28)23-3;/h5-12,16,23H,4,13-15H2,1-3H3,(H2,24,25,26);1H. The molecular weight excluding hydrogens is 534 g/mol. The van der Waals surface area contributed by atoms with Crippen molar-refractivity contribution in [2.75, 3.05) is 20.1 Å². The first-order valence-electron chi connectivity index (χ1n) is 9.74. The zero-order chi connectivity index (χ0) is 22.0. The van der Waals surface area contributed by atoms with E-state index in [4.69, 9.17) is 4.74 Å². The Labute approximate surface area is 201 Å². The number of sulfonamides is 1. The predicted octanol–water partition coefficient (Wildman–Crippen LogP) is 3.02. The first kappa shape index (κ1) is 27.1. The van der Waals surface area contributed by atoms with E-state index in [0.29, 0.717) is 36.9 Å². The smallest absolute Gasteiger partial charge is 0.215 e. The lowest BCUT2D eigenvalue weighted by Gasteiger charge is -2.17. The van der Waals surface area contributed by atoms with Gasteiger partial charge >= 0.3 is 0 Å². The number of aliphatic imine (C=N–C) groups is 1. The van der Waals surface area contributed by atoms with Crippen LogP contribution < -0.4 is 20.1 Å². The molecule has 0 bridgehead atoms. The lowest BCUT2D eigenvalue weighted by molar-refractivity contribution is 0.223. The highest BCUT2D eigenvalue weighted by atomic mass is 127. The van der Waals surface area contributed by atoms with E-state index in [0.717, 1.165) is 5.56 Å². The van der Waals surface area contributed by atoms with Crippen molar-refractivity contribution in [1.82, 2.24) is 15.4 Å². The zero-order valence-corrected chi connectivity index (χ0v) is 21.0. The average Bonchev–Trinajstić information content (AvgIpc) is 2.70. The second kappa shape index (κ2) is 13.5. The Morgan fingerprint density at radius 1 is 1.13 bits per heavy atom. The van der Waals surface area contributed by atoms with E-state index in [9.17, 15) is 12.8 Å². The maximum absolute atomic E-state index is 13.3. The molecule has 31 heavy (non-hydrogen) atoms. The number of hydrogen-bond acceptors (Lipinski definition) is 4. The van der Waals surface area contributed by atoms with Gasteiger partial charge in [-0.2, -0.15) is 0 Å². The Balaban J connectivity index is 0.00000480. The molecule has 2 aromatic carbocycles. The first-order valence-corrected chi connectivity index (χ1v) is 11.4. The van der Waals surface area contributed by atoms with Gasteiger partial charge in [0, 0.05) is 12.6 Å². The molecule has 0 heterocycles. The second-order valence-corrected chi connectivity index (χ2v) is 8.67. The van der Waals surface area contributed by atoms with Crippen molar-refractivity contribution in [1.29, 1.82) is 0 Å². The molecular formula is C21H30FIN4O3S. The number of halogens is 2. The van der Waals surface area contributed by atoms with Crippen molar-refractivity contribution in [3.63, 3.8) is 0 Å². The van der Waals surface area contributed by atoms with Gasteiger partial charge in [0.05, 0.1) is 18.8 Å². The molecule has 0 aliphatic heterocycles. The van der Waals surface area contributed by atoms with Crippen molar-refractivity contribution in [2.24, 2.45) is 4.99 Å². The van der Waals surface area contributed by atoms with Gasteiger partial charge in [0.15, 0.2) is 5.96 Å². The molecule has 1 unspecified atom stereocenters. The monoisotopic (exact) mass is 564 g/mol. The van der Waals surface area contributed by atoms with E-state index in [1.165, 1.54) is 19.2 Å². The maximum Gasteiger partial charge on any atom is 0.215 e. The lowest BCUT2D eigenvalue weighted by Crippen LogP contribution is -2.41. The minimum atomic E-state index is -3.32. The topological polar surface area (TPSA) is 91.8 Å². The van der Waals surface area contributed by atoms with E-state index in [1.54, 1.807) is 18.2 Å². The van der Waals surface area contributed by atoms with Crippen molar-refractivity contribution < 1.29 is 17.5 Å². The largest absolute Gasteiger partial charge is 0.489 e. The summed E-state index contributed by atoms with van der Waals surface area (Å²) < 4.78 is 44.8. The van der Waals surface area contributed by atoms with E-state index in [-0.39, 0.29) is 41.7 Å². The number of rotatable bonds is 10. The summed E-state index contributed by atoms with van der Waals surface area (Å²) in [7, 11) is -1.92. The molecule has 0 amide bonds. The van der Waals surface area contributed by atoms with Gasteiger partial charge in [0.25, 0.3) is 0 Å². The van der Waals surface area contributed by atoms with Crippen LogP contribution in [0.4, 0.5) is 4.39 Å². The highest BCUT2D eigenvalue weighted by molar-refractivity contribution is 14.0. The van der Waals surface area contributed by atoms with Crippen LogP contribution in [0.1, 0.15) is 25.0 Å². The van der Waals surface area contributed by atoms with Crippen LogP contribution in [0, 0.1) is 5.82 Å². The fourth-order valence-electron chi connectivity index (χ4n) is 2.68. The summed E-state index contributed by atoms with van der Waals surface area (Å²) in [6.07, 6.45) is -0.203. The quantitative estimate of drug-likeness (QED) is 0.235. The third-order valence-electron chi connectivity index (χ3n) is 4.11. The van der Waals surface area contributed by atoms with Crippen LogP contribution in [0.3, 0.4) is 0 Å². The van der Waals surface area contributed by atoms with Crippen LogP contribution in [0.25, 0.3) is 0 Å². The molecule has 0 aliphatic carbocycles. The minimum absolute atomic E-state index is 0. The van der Waals surface area contributed by atoms with Gasteiger partial charge in [-0.3, -0.25) is 0 Å². The minimum Gasteiger partial charge on any atom is -0.489 e. The van der Waals surface area contributed by atoms with Gasteiger partial charge in [-0.05, 0) is 44.2 Å². The molecule has 7 nitrogen and oxygen atoms in total. The molecule has 2 rings (SSSR count). The van der Waals surface area contributed by atoms with Gasteiger partial charge in [0.2, 0.25) is 10.0 Å². The molecule has 0 saturated carbocycles. The fourth-order valence-corrected chi connectivity index (χ4v) is 3.44. The number of hydrogen-bond donors (Lipinski definition) is 3. The van der Waals surface area contributed by atoms with Crippen LogP contribution in [0.2, 0.25) is 0 Å². The molecule has 0 saturated heterocycles. The summed E-state index contributed by atoms with van der Waals surface area (Å²) >= 11 is 0. The number of ether oxygens (including phenoxy) is 1. The van der Waals surface area contributed by atoms with Crippen LogP contribution in [-0.2, 0) is 22.3 Å².